The molecule has 2 aromatic heterocycles. The topological polar surface area (TPSA) is 107 Å². The van der Waals surface area contributed by atoms with Gasteiger partial charge in [0.05, 0.1) is 24.1 Å². The lowest BCUT2D eigenvalue weighted by Crippen LogP contribution is -2.30. The van der Waals surface area contributed by atoms with E-state index in [1.165, 1.54) is 22.6 Å². The highest BCUT2D eigenvalue weighted by atomic mass is 16.5. The van der Waals surface area contributed by atoms with Crippen LogP contribution in [0.2, 0.25) is 0 Å². The maximum absolute atomic E-state index is 12.5. The van der Waals surface area contributed by atoms with E-state index in [2.05, 4.69) is 34.6 Å². The molecule has 32 heavy (non-hydrogen) atoms. The van der Waals surface area contributed by atoms with Crippen LogP contribution in [0.3, 0.4) is 0 Å². The molecule has 0 fully saturated rings. The highest BCUT2D eigenvalue weighted by Gasteiger charge is 2.10. The first-order chi connectivity index (χ1) is 15.4. The zero-order chi connectivity index (χ0) is 22.9. The molecular formula is C23H27N5O4. The quantitative estimate of drug-likeness (QED) is 0.472. The summed E-state index contributed by atoms with van der Waals surface area (Å²) in [5.74, 6) is 0.991. The second kappa shape index (κ2) is 11.1. The van der Waals surface area contributed by atoms with Gasteiger partial charge in [-0.3, -0.25) is 14.3 Å². The van der Waals surface area contributed by atoms with Gasteiger partial charge >= 0.3 is 0 Å². The van der Waals surface area contributed by atoms with Gasteiger partial charge in [0, 0.05) is 32.1 Å². The van der Waals surface area contributed by atoms with E-state index < -0.39 is 0 Å². The van der Waals surface area contributed by atoms with Crippen molar-refractivity contribution in [3.63, 3.8) is 0 Å². The van der Waals surface area contributed by atoms with Gasteiger partial charge in [0.2, 0.25) is 11.8 Å². The van der Waals surface area contributed by atoms with E-state index in [1.54, 1.807) is 25.4 Å². The molecule has 9 nitrogen and oxygen atoms in total. The number of aromatic nitrogens is 3. The number of methoxy groups -OCH3 is 1. The van der Waals surface area contributed by atoms with Crippen molar-refractivity contribution in [3.8, 4) is 11.6 Å². The summed E-state index contributed by atoms with van der Waals surface area (Å²) in [4.78, 5) is 28.5. The molecule has 0 aliphatic rings. The van der Waals surface area contributed by atoms with Crippen LogP contribution in [0.25, 0.3) is 0 Å². The van der Waals surface area contributed by atoms with Crippen LogP contribution in [0.15, 0.2) is 55.0 Å². The molecule has 3 rings (SSSR count). The van der Waals surface area contributed by atoms with Crippen molar-refractivity contribution in [2.45, 2.75) is 26.3 Å². The summed E-state index contributed by atoms with van der Waals surface area (Å²) in [6.45, 7) is 5.18. The van der Waals surface area contributed by atoms with Crippen LogP contribution >= 0.6 is 0 Å². The second-order valence-corrected chi connectivity index (χ2v) is 7.43. The van der Waals surface area contributed by atoms with E-state index in [0.29, 0.717) is 41.9 Å². The fraction of sp³-hybridized carbons (Fsp3) is 0.304. The van der Waals surface area contributed by atoms with E-state index in [9.17, 15) is 9.59 Å². The lowest BCUT2D eigenvalue weighted by molar-refractivity contribution is -0.122. The monoisotopic (exact) mass is 437 g/mol. The van der Waals surface area contributed by atoms with Crippen molar-refractivity contribution in [2.75, 3.05) is 25.6 Å². The molecule has 0 spiro atoms. The number of nitrogens with zero attached hydrogens (tertiary/aromatic N) is 3. The smallest absolute Gasteiger partial charge is 0.257 e. The Labute approximate surface area is 186 Å². The minimum atomic E-state index is -0.338. The first-order valence-electron chi connectivity index (χ1n) is 10.3. The summed E-state index contributed by atoms with van der Waals surface area (Å²) in [6, 6.07) is 11.1. The number of hydrogen-bond donors (Lipinski definition) is 2. The van der Waals surface area contributed by atoms with Crippen molar-refractivity contribution in [1.82, 2.24) is 20.1 Å². The predicted molar refractivity (Wildman–Crippen MR) is 120 cm³/mol. The SMILES string of the molecule is COCCNC(=O)Cn1cc(NC(=O)c2ccc(Oc3ccc(C(C)C)cc3)nc2)cn1. The molecule has 0 saturated heterocycles. The molecule has 2 heterocycles. The van der Waals surface area contributed by atoms with Gasteiger partial charge in [0.15, 0.2) is 0 Å². The van der Waals surface area contributed by atoms with Gasteiger partial charge in [0.25, 0.3) is 5.91 Å². The van der Waals surface area contributed by atoms with E-state index in [0.717, 1.165) is 0 Å². The molecule has 0 aliphatic heterocycles. The number of hydrogen-bond acceptors (Lipinski definition) is 6. The van der Waals surface area contributed by atoms with Gasteiger partial charge in [-0.1, -0.05) is 26.0 Å². The molecule has 0 bridgehead atoms. The Balaban J connectivity index is 1.52. The van der Waals surface area contributed by atoms with E-state index in [4.69, 9.17) is 9.47 Å². The third kappa shape index (κ3) is 6.64. The third-order valence-electron chi connectivity index (χ3n) is 4.59. The van der Waals surface area contributed by atoms with Crippen LogP contribution in [-0.4, -0.2) is 46.8 Å². The number of benzene rings is 1. The lowest BCUT2D eigenvalue weighted by Gasteiger charge is -2.08. The number of carbonyl (C=O) groups is 2. The van der Waals surface area contributed by atoms with Crippen molar-refractivity contribution in [1.29, 1.82) is 0 Å². The summed E-state index contributed by atoms with van der Waals surface area (Å²) in [7, 11) is 1.57. The van der Waals surface area contributed by atoms with Gasteiger partial charge in [-0.2, -0.15) is 5.10 Å². The number of anilines is 1. The van der Waals surface area contributed by atoms with Crippen LogP contribution in [0, 0.1) is 0 Å². The third-order valence-corrected chi connectivity index (χ3v) is 4.59. The van der Waals surface area contributed by atoms with Crippen LogP contribution < -0.4 is 15.4 Å². The average Bonchev–Trinajstić information content (AvgIpc) is 3.21. The summed E-state index contributed by atoms with van der Waals surface area (Å²) in [5.41, 5.74) is 2.08. The first kappa shape index (κ1) is 23.0. The minimum absolute atomic E-state index is 0.0469. The van der Waals surface area contributed by atoms with Crippen molar-refractivity contribution >= 4 is 17.5 Å². The summed E-state index contributed by atoms with van der Waals surface area (Å²) < 4.78 is 12.1. The molecule has 0 saturated carbocycles. The molecule has 0 unspecified atom stereocenters. The van der Waals surface area contributed by atoms with Gasteiger partial charge in [-0.15, -0.1) is 0 Å². The van der Waals surface area contributed by atoms with Crippen molar-refractivity contribution < 1.29 is 19.1 Å². The number of pyridine rings is 1. The average molecular weight is 438 g/mol. The number of ether oxygens (including phenoxy) is 2. The second-order valence-electron chi connectivity index (χ2n) is 7.43. The molecular weight excluding hydrogens is 410 g/mol. The largest absolute Gasteiger partial charge is 0.439 e. The van der Waals surface area contributed by atoms with Crippen molar-refractivity contribution in [3.05, 3.63) is 66.1 Å². The molecule has 1 aromatic carbocycles. The minimum Gasteiger partial charge on any atom is -0.439 e. The van der Waals surface area contributed by atoms with Crippen LogP contribution in [0.5, 0.6) is 11.6 Å². The summed E-state index contributed by atoms with van der Waals surface area (Å²) in [5, 5.41) is 9.52. The molecule has 2 N–H and O–H groups in total. The zero-order valence-corrected chi connectivity index (χ0v) is 18.4. The number of nitrogens with one attached hydrogen (secondary N) is 2. The maximum Gasteiger partial charge on any atom is 0.257 e. The standard InChI is InChI=1S/C23H27N5O4/c1-16(2)17-4-7-20(8-5-17)32-22-9-6-18(12-25-22)23(30)27-19-13-26-28(14-19)15-21(29)24-10-11-31-3/h4-9,12-14,16H,10-11,15H2,1-3H3,(H,24,29)(H,27,30). The number of amides is 2. The highest BCUT2D eigenvalue weighted by Crippen LogP contribution is 2.23. The van der Waals surface area contributed by atoms with Crippen LogP contribution in [0.1, 0.15) is 35.7 Å². The zero-order valence-electron chi connectivity index (χ0n) is 18.4. The first-order valence-corrected chi connectivity index (χ1v) is 10.3. The van der Waals surface area contributed by atoms with Gasteiger partial charge in [-0.25, -0.2) is 4.98 Å². The Morgan fingerprint density at radius 3 is 2.53 bits per heavy atom. The predicted octanol–water partition coefficient (Wildman–Crippen LogP) is 3.21. The van der Waals surface area contributed by atoms with Gasteiger partial charge in [0.1, 0.15) is 12.3 Å². The van der Waals surface area contributed by atoms with Crippen molar-refractivity contribution in [2.24, 2.45) is 0 Å². The summed E-state index contributed by atoms with van der Waals surface area (Å²) in [6.07, 6.45) is 4.51. The Morgan fingerprint density at radius 1 is 1.09 bits per heavy atom. The molecule has 2 amide bonds. The van der Waals surface area contributed by atoms with Gasteiger partial charge < -0.3 is 20.1 Å². The lowest BCUT2D eigenvalue weighted by atomic mass is 10.0. The fourth-order valence-electron chi connectivity index (χ4n) is 2.83. The maximum atomic E-state index is 12.5. The molecule has 168 valence electrons. The van der Waals surface area contributed by atoms with Gasteiger partial charge in [-0.05, 0) is 29.7 Å². The summed E-state index contributed by atoms with van der Waals surface area (Å²) >= 11 is 0. The Kier molecular flexibility index (Phi) is 7.93. The molecule has 3 aromatic rings. The van der Waals surface area contributed by atoms with Crippen LogP contribution in [0.4, 0.5) is 5.69 Å². The Morgan fingerprint density at radius 2 is 1.88 bits per heavy atom. The molecule has 9 heteroatoms. The Bertz CT molecular complexity index is 1030. The van der Waals surface area contributed by atoms with E-state index >= 15 is 0 Å². The Hall–Kier alpha value is -3.72. The van der Waals surface area contributed by atoms with E-state index in [-0.39, 0.29) is 18.4 Å². The normalized spacial score (nSPS) is 10.8. The molecule has 0 radical (unpaired) electrons. The molecule has 0 aliphatic carbocycles. The number of rotatable bonds is 10. The van der Waals surface area contributed by atoms with Crippen LogP contribution in [-0.2, 0) is 16.1 Å². The fourth-order valence-corrected chi connectivity index (χ4v) is 2.83. The highest BCUT2D eigenvalue weighted by molar-refractivity contribution is 6.03. The number of carbonyl (C=O) groups excluding carboxylic acids is 2. The van der Waals surface area contributed by atoms with E-state index in [1.807, 2.05) is 24.3 Å². The molecule has 0 atom stereocenters.